The molecule has 3 aromatic carbocycles. The molecule has 4 saturated heterocycles. The average Bonchev–Trinajstić information content (AvgIpc) is 4.46. The lowest BCUT2D eigenvalue weighted by Crippen LogP contribution is -2.49. The lowest BCUT2D eigenvalue weighted by molar-refractivity contribution is -0.134. The molecule has 4 atom stereocenters. The first-order valence-electron chi connectivity index (χ1n) is 27.6. The van der Waals surface area contributed by atoms with Gasteiger partial charge in [0.15, 0.2) is 0 Å². The van der Waals surface area contributed by atoms with Crippen LogP contribution in [-0.2, 0) is 34.0 Å². The fourth-order valence-corrected chi connectivity index (χ4v) is 12.1. The summed E-state index contributed by atoms with van der Waals surface area (Å²) in [5.41, 5.74) is 2.67. The highest BCUT2D eigenvalue weighted by molar-refractivity contribution is 6.43. The number of amides is 7. The highest BCUT2D eigenvalue weighted by atomic mass is 35.5. The lowest BCUT2D eigenvalue weighted by Gasteiger charge is -2.38. The van der Waals surface area contributed by atoms with E-state index in [1.165, 1.54) is 0 Å². The first-order valence-corrected chi connectivity index (χ1v) is 29.9. The highest BCUT2D eigenvalue weighted by Gasteiger charge is 2.52. The van der Waals surface area contributed by atoms with Gasteiger partial charge in [0.05, 0.1) is 61.0 Å². The number of nitrogens with zero attached hydrogens (tertiary/aromatic N) is 6. The first kappa shape index (κ1) is 62.0. The highest BCUT2D eigenvalue weighted by Crippen LogP contribution is 2.54. The Bertz CT molecular complexity index is 2670. The van der Waals surface area contributed by atoms with Gasteiger partial charge in [-0.3, -0.25) is 9.59 Å². The third kappa shape index (κ3) is 16.8. The van der Waals surface area contributed by atoms with Crippen LogP contribution in [0.5, 0.6) is 0 Å². The number of aliphatic hydroxyl groups excluding tert-OH is 3. The zero-order valence-electron chi connectivity index (χ0n) is 44.8. The molecule has 3 aromatic rings. The van der Waals surface area contributed by atoms with Gasteiger partial charge < -0.3 is 65.4 Å². The fraction of sp³-hybridized carbons (Fsp3) is 0.589. The number of aliphatic hydroxyl groups is 3. The van der Waals surface area contributed by atoms with E-state index in [1.807, 2.05) is 0 Å². The van der Waals surface area contributed by atoms with Crippen LogP contribution in [0.2, 0.25) is 30.1 Å². The minimum Gasteiger partial charge on any atom is -0.447 e. The number of nitrogens with one attached hydrogen (secondary N) is 3. The fourth-order valence-electron chi connectivity index (χ4n) is 11.2. The van der Waals surface area contributed by atoms with Crippen LogP contribution in [0, 0.1) is 10.8 Å². The first-order chi connectivity index (χ1) is 38.3. The van der Waals surface area contributed by atoms with Gasteiger partial charge in [-0.05, 0) is 128 Å². The van der Waals surface area contributed by atoms with E-state index in [-0.39, 0.29) is 98.6 Å². The second kappa shape index (κ2) is 28.5. The van der Waals surface area contributed by atoms with E-state index < -0.39 is 12.1 Å². The number of benzene rings is 3. The van der Waals surface area contributed by atoms with Crippen molar-refractivity contribution < 1.29 is 44.0 Å². The molecule has 6 fully saturated rings. The van der Waals surface area contributed by atoms with Crippen molar-refractivity contribution in [2.75, 3.05) is 91.8 Å². The maximum Gasteiger partial charge on any atom is 0.407 e. The molecule has 0 aromatic heterocycles. The van der Waals surface area contributed by atoms with E-state index in [2.05, 4.69) is 25.8 Å². The smallest absolute Gasteiger partial charge is 0.407 e. The largest absolute Gasteiger partial charge is 0.447 e. The molecule has 6 aliphatic rings. The molecule has 9 rings (SSSR count). The number of carbonyl (C=O) groups excluding carboxylic acids is 5. The molecule has 0 radical (unpaired) electrons. The van der Waals surface area contributed by atoms with E-state index >= 15 is 0 Å². The maximum atomic E-state index is 13.4. The summed E-state index contributed by atoms with van der Waals surface area (Å²) in [5.74, 6) is -0.158. The quantitative estimate of drug-likeness (QED) is 0.0765. The molecule has 80 heavy (non-hydrogen) atoms. The molecule has 4 heterocycles. The Kier molecular flexibility index (Phi) is 22.1. The van der Waals surface area contributed by atoms with Crippen LogP contribution in [0.1, 0.15) is 80.9 Å². The van der Waals surface area contributed by atoms with Crippen molar-refractivity contribution in [1.29, 1.82) is 0 Å². The minimum atomic E-state index is -0.620. The Hall–Kier alpha value is -4.05. The molecular weight excluding hydrogens is 1160 g/mol. The van der Waals surface area contributed by atoms with Gasteiger partial charge >= 0.3 is 18.2 Å². The van der Waals surface area contributed by atoms with Crippen molar-refractivity contribution in [2.24, 2.45) is 10.8 Å². The Morgan fingerprint density at radius 2 is 0.938 bits per heavy atom. The zero-order valence-corrected chi connectivity index (χ0v) is 49.4. The van der Waals surface area contributed by atoms with Crippen molar-refractivity contribution >= 4 is 99.6 Å². The number of β-amino-alcohol motifs (C(OH)–C–C–N with tert-alkyl or cyclic N) is 2. The second-order valence-corrected chi connectivity index (χ2v) is 24.5. The number of urea groups is 2. The molecule has 18 nitrogen and oxygen atoms in total. The maximum absolute atomic E-state index is 13.4. The molecule has 2 spiro atoms. The number of halogens is 6. The average molecular weight is 1230 g/mol. The van der Waals surface area contributed by atoms with E-state index in [1.54, 1.807) is 74.2 Å². The summed E-state index contributed by atoms with van der Waals surface area (Å²) in [4.78, 5) is 75.8. The molecule has 6 N–H and O–H groups in total. The molecule has 0 unspecified atom stereocenters. The number of ether oxygens (including phenoxy) is 1. The Morgan fingerprint density at radius 1 is 0.537 bits per heavy atom. The van der Waals surface area contributed by atoms with Crippen molar-refractivity contribution in [3.05, 3.63) is 101 Å². The van der Waals surface area contributed by atoms with E-state index in [4.69, 9.17) is 74.3 Å². The Labute approximate surface area is 498 Å². The minimum absolute atomic E-state index is 0.0111. The zero-order chi connectivity index (χ0) is 57.1. The van der Waals surface area contributed by atoms with Crippen molar-refractivity contribution in [3.63, 3.8) is 0 Å². The summed E-state index contributed by atoms with van der Waals surface area (Å²) in [5, 5.41) is 42.2. The predicted molar refractivity (Wildman–Crippen MR) is 309 cm³/mol. The Balaban J connectivity index is 0.000000220. The number of rotatable bonds is 17. The van der Waals surface area contributed by atoms with Crippen molar-refractivity contribution in [1.82, 2.24) is 45.3 Å². The van der Waals surface area contributed by atoms with Gasteiger partial charge in [-0.25, -0.2) is 14.4 Å². The van der Waals surface area contributed by atoms with E-state index in [0.29, 0.717) is 102 Å². The number of likely N-dealkylation sites (tertiary alicyclic amines) is 2. The van der Waals surface area contributed by atoms with Crippen LogP contribution in [-0.4, -0.2) is 191 Å². The number of hydrogen-bond donors (Lipinski definition) is 6. The molecule has 0 bridgehead atoms. The molecule has 4 aliphatic heterocycles. The van der Waals surface area contributed by atoms with Crippen LogP contribution in [0.4, 0.5) is 14.4 Å². The van der Waals surface area contributed by atoms with E-state index in [9.17, 15) is 39.3 Å². The summed E-state index contributed by atoms with van der Waals surface area (Å²) >= 11 is 36.1. The number of alkyl carbamates (subject to hydrolysis) is 1. The topological polar surface area (TPSA) is 211 Å². The van der Waals surface area contributed by atoms with Gasteiger partial charge in [0.25, 0.3) is 0 Å². The third-order valence-electron chi connectivity index (χ3n) is 16.9. The van der Waals surface area contributed by atoms with Gasteiger partial charge in [0.1, 0.15) is 6.61 Å². The monoisotopic (exact) mass is 1230 g/mol. The van der Waals surface area contributed by atoms with Crippen LogP contribution >= 0.6 is 69.6 Å². The van der Waals surface area contributed by atoms with Gasteiger partial charge in [0, 0.05) is 97.9 Å². The van der Waals surface area contributed by atoms with Crippen LogP contribution in [0.3, 0.4) is 0 Å². The summed E-state index contributed by atoms with van der Waals surface area (Å²) in [6.45, 7) is 7.13. The number of hydrogen-bond acceptors (Lipinski definition) is 11. The molecule has 24 heteroatoms. The summed E-state index contributed by atoms with van der Waals surface area (Å²) in [6.07, 6.45) is 6.71. The third-order valence-corrected chi connectivity index (χ3v) is 19.1. The van der Waals surface area contributed by atoms with Crippen LogP contribution in [0.25, 0.3) is 0 Å². The molecule has 2 saturated carbocycles. The van der Waals surface area contributed by atoms with E-state index in [0.717, 1.165) is 74.8 Å². The lowest BCUT2D eigenvalue weighted by atomic mass is 9.90. The summed E-state index contributed by atoms with van der Waals surface area (Å²) in [6, 6.07) is 14.3. The van der Waals surface area contributed by atoms with Gasteiger partial charge in [0.2, 0.25) is 11.8 Å². The van der Waals surface area contributed by atoms with Crippen LogP contribution < -0.4 is 16.0 Å². The molecular formula is C56H73Cl6N9O9. The van der Waals surface area contributed by atoms with Crippen molar-refractivity contribution in [2.45, 2.75) is 108 Å². The standard InChI is InChI=1S/C32H39Cl4N5O5.C24H34Cl2N4O4/c33-24-3-1-21(15-26(24)35)17-37-30(44)40-11-6-29(43)41(14-13-40)23(5-10-39-12-9-32(7-8-32)28(42)19-39)20-46-31(45)38-18-22-2-4-25(34)27(36)16-22;25-19-2-1-17(13-20(19)26)14-27-23(34)29-9-4-22(33)30(12-11-29)18(16-31)3-8-28-10-7-24(5-6-24)21(32)15-28/h1-4,15-16,23,28,42H,5-14,17-20H2,(H,37,44)(H,38,45);1-2,13,18,21,31-32H,3-12,14-16H2,(H,27,34)/t23-,28+;18-,21+/m00/s1. The molecule has 7 amide bonds. The predicted octanol–water partition coefficient (Wildman–Crippen LogP) is 7.91. The molecule has 2 aliphatic carbocycles. The normalized spacial score (nSPS) is 21.7. The Morgan fingerprint density at radius 3 is 1.32 bits per heavy atom. The van der Waals surface area contributed by atoms with Gasteiger partial charge in [-0.15, -0.1) is 0 Å². The van der Waals surface area contributed by atoms with Gasteiger partial charge in [-0.1, -0.05) is 87.8 Å². The number of piperidine rings is 2. The summed E-state index contributed by atoms with van der Waals surface area (Å²) < 4.78 is 5.62. The van der Waals surface area contributed by atoms with Crippen molar-refractivity contribution in [3.8, 4) is 0 Å². The SMILES string of the molecule is O=C(NCc1ccc(Cl)c(Cl)c1)N1CCC(=O)N([C@H](CO)CCN2CCC3(CC3)[C@H](O)C2)CC1.O=C(NCc1ccc(Cl)c(Cl)c1)OC[C@H](CCN1CCC2(CC2)[C@H](O)C1)N1CCN(C(=O)NCc2ccc(Cl)c(Cl)c2)CCC1=O. The second-order valence-electron chi connectivity index (χ2n) is 22.1. The van der Waals surface area contributed by atoms with Gasteiger partial charge in [-0.2, -0.15) is 0 Å². The number of carbonyl (C=O) groups is 5. The summed E-state index contributed by atoms with van der Waals surface area (Å²) in [7, 11) is 0. The van der Waals surface area contributed by atoms with Crippen LogP contribution in [0.15, 0.2) is 54.6 Å². The molecule has 438 valence electrons.